The van der Waals surface area contributed by atoms with Gasteiger partial charge in [0.05, 0.1) is 30.7 Å². The maximum absolute atomic E-state index is 12.5. The van der Waals surface area contributed by atoms with Gasteiger partial charge in [-0.15, -0.1) is 28.1 Å². The molecule has 0 aliphatic heterocycles. The minimum absolute atomic E-state index is 0.0179. The molecule has 0 bridgehead atoms. The molecule has 0 radical (unpaired) electrons. The van der Waals surface area contributed by atoms with Crippen LogP contribution in [0.1, 0.15) is 11.5 Å². The van der Waals surface area contributed by atoms with E-state index >= 15 is 0 Å². The molecule has 0 aliphatic rings. The number of methoxy groups -OCH3 is 1. The van der Waals surface area contributed by atoms with Gasteiger partial charge in [-0.3, -0.25) is 9.59 Å². The lowest BCUT2D eigenvalue weighted by molar-refractivity contribution is -0.116. The molecule has 0 saturated heterocycles. The van der Waals surface area contributed by atoms with Gasteiger partial charge in [0.1, 0.15) is 11.6 Å². The first-order valence-electron chi connectivity index (χ1n) is 9.30. The summed E-state index contributed by atoms with van der Waals surface area (Å²) < 4.78 is 7.02. The van der Waals surface area contributed by atoms with Crippen LogP contribution in [-0.4, -0.2) is 44.4 Å². The number of anilines is 2. The number of carbonyl (C=O) groups is 2. The fourth-order valence-corrected chi connectivity index (χ4v) is 4.12. The van der Waals surface area contributed by atoms with Crippen molar-refractivity contribution in [3.63, 3.8) is 0 Å². The van der Waals surface area contributed by atoms with Crippen molar-refractivity contribution in [2.75, 3.05) is 23.5 Å². The number of hydrogen-bond donors (Lipinski definition) is 2. The largest absolute Gasteiger partial charge is 0.495 e. The van der Waals surface area contributed by atoms with Gasteiger partial charge in [-0.25, -0.2) is 4.98 Å². The number of nitrogens with one attached hydrogen (secondary N) is 2. The zero-order valence-corrected chi connectivity index (χ0v) is 18.8. The van der Waals surface area contributed by atoms with Crippen molar-refractivity contribution in [3.05, 3.63) is 53.8 Å². The quantitative estimate of drug-likeness (QED) is 0.355. The lowest BCUT2D eigenvalue weighted by atomic mass is 10.2. The van der Waals surface area contributed by atoms with Gasteiger partial charge in [0.15, 0.2) is 10.3 Å². The number of thiazole rings is 1. The highest BCUT2D eigenvalue weighted by Gasteiger charge is 2.17. The van der Waals surface area contributed by atoms with Crippen LogP contribution in [0, 0.1) is 6.92 Å². The maximum atomic E-state index is 12.5. The van der Waals surface area contributed by atoms with Gasteiger partial charge in [-0.05, 0) is 19.1 Å². The van der Waals surface area contributed by atoms with Crippen molar-refractivity contribution in [3.8, 4) is 5.75 Å². The van der Waals surface area contributed by atoms with Gasteiger partial charge in [0.2, 0.25) is 11.8 Å². The Balaban J connectivity index is 1.63. The highest BCUT2D eigenvalue weighted by Crippen LogP contribution is 2.24. The summed E-state index contributed by atoms with van der Waals surface area (Å²) in [4.78, 5) is 28.9. The first kappa shape index (κ1) is 22.5. The Morgan fingerprint density at radius 3 is 2.77 bits per heavy atom. The second-order valence-electron chi connectivity index (χ2n) is 6.35. The highest BCUT2D eigenvalue weighted by molar-refractivity contribution is 7.99. The standard InChI is InChI=1S/C20H22N6O3S2/c1-4-9-26-16(10-17(27)22-14-7-5-6-8-15(14)29-3)24-25-20(26)31-12-18(28)23-19-21-13(2)11-30-19/h4-8,11H,1,9-10,12H2,2-3H3,(H,22,27)(H,21,23,28). The molecule has 0 unspecified atom stereocenters. The van der Waals surface area contributed by atoms with Crippen molar-refractivity contribution < 1.29 is 14.3 Å². The molecule has 31 heavy (non-hydrogen) atoms. The molecule has 2 N–H and O–H groups in total. The molecule has 0 aliphatic carbocycles. The van der Waals surface area contributed by atoms with E-state index in [1.54, 1.807) is 29.9 Å². The van der Waals surface area contributed by atoms with E-state index in [1.165, 1.54) is 23.1 Å². The summed E-state index contributed by atoms with van der Waals surface area (Å²) in [6.45, 7) is 6.03. The van der Waals surface area contributed by atoms with E-state index in [0.717, 1.165) is 5.69 Å². The van der Waals surface area contributed by atoms with Gasteiger partial charge >= 0.3 is 0 Å². The lowest BCUT2D eigenvalue weighted by Crippen LogP contribution is -2.18. The Morgan fingerprint density at radius 1 is 1.26 bits per heavy atom. The van der Waals surface area contributed by atoms with Crippen LogP contribution < -0.4 is 15.4 Å². The predicted octanol–water partition coefficient (Wildman–Crippen LogP) is 3.15. The Hall–Kier alpha value is -3.18. The van der Waals surface area contributed by atoms with Crippen molar-refractivity contribution >= 4 is 45.7 Å². The van der Waals surface area contributed by atoms with E-state index < -0.39 is 0 Å². The van der Waals surface area contributed by atoms with E-state index in [-0.39, 0.29) is 24.0 Å². The van der Waals surface area contributed by atoms with E-state index in [0.29, 0.717) is 34.1 Å². The molecule has 3 rings (SSSR count). The smallest absolute Gasteiger partial charge is 0.236 e. The summed E-state index contributed by atoms with van der Waals surface area (Å²) in [6.07, 6.45) is 1.71. The number of para-hydroxylation sites is 2. The van der Waals surface area contributed by atoms with E-state index in [2.05, 4.69) is 32.4 Å². The number of aryl methyl sites for hydroxylation is 1. The molecule has 1 aromatic carbocycles. The maximum Gasteiger partial charge on any atom is 0.236 e. The Bertz CT molecular complexity index is 1080. The van der Waals surface area contributed by atoms with Gasteiger partial charge < -0.3 is 19.9 Å². The third-order valence-electron chi connectivity index (χ3n) is 4.00. The van der Waals surface area contributed by atoms with Crippen LogP contribution >= 0.6 is 23.1 Å². The van der Waals surface area contributed by atoms with Gasteiger partial charge in [0, 0.05) is 11.9 Å². The van der Waals surface area contributed by atoms with Gasteiger partial charge in [0.25, 0.3) is 0 Å². The number of allylic oxidation sites excluding steroid dienone is 1. The van der Waals surface area contributed by atoms with Crippen molar-refractivity contribution in [2.24, 2.45) is 0 Å². The lowest BCUT2D eigenvalue weighted by Gasteiger charge is -2.10. The number of aromatic nitrogens is 4. The topological polar surface area (TPSA) is 111 Å². The monoisotopic (exact) mass is 458 g/mol. The second-order valence-corrected chi connectivity index (χ2v) is 8.15. The molecule has 3 aromatic rings. The van der Waals surface area contributed by atoms with Gasteiger partial charge in [-0.2, -0.15) is 0 Å². The molecule has 0 atom stereocenters. The third-order valence-corrected chi connectivity index (χ3v) is 5.84. The minimum Gasteiger partial charge on any atom is -0.495 e. The molecule has 0 spiro atoms. The molecule has 2 heterocycles. The summed E-state index contributed by atoms with van der Waals surface area (Å²) in [6, 6.07) is 7.16. The normalized spacial score (nSPS) is 10.5. The number of carbonyl (C=O) groups excluding carboxylic acids is 2. The number of thioether (sulfide) groups is 1. The second kappa shape index (κ2) is 10.7. The Kier molecular flexibility index (Phi) is 7.79. The number of ether oxygens (including phenoxy) is 1. The zero-order valence-electron chi connectivity index (χ0n) is 17.1. The summed E-state index contributed by atoms with van der Waals surface area (Å²) in [7, 11) is 1.54. The van der Waals surface area contributed by atoms with E-state index in [4.69, 9.17) is 4.74 Å². The van der Waals surface area contributed by atoms with E-state index in [1.807, 2.05) is 24.4 Å². The van der Waals surface area contributed by atoms with Crippen molar-refractivity contribution in [1.29, 1.82) is 0 Å². The van der Waals surface area contributed by atoms with Crippen LogP contribution in [-0.2, 0) is 22.6 Å². The van der Waals surface area contributed by atoms with Crippen molar-refractivity contribution in [2.45, 2.75) is 25.0 Å². The first-order chi connectivity index (χ1) is 15.0. The molecule has 0 saturated carbocycles. The summed E-state index contributed by atoms with van der Waals surface area (Å²) >= 11 is 2.61. The van der Waals surface area contributed by atoms with Crippen LogP contribution in [0.4, 0.5) is 10.8 Å². The van der Waals surface area contributed by atoms with Gasteiger partial charge in [-0.1, -0.05) is 30.0 Å². The molecule has 0 fully saturated rings. The molecule has 9 nitrogen and oxygen atoms in total. The van der Waals surface area contributed by atoms with Crippen molar-refractivity contribution in [1.82, 2.24) is 19.7 Å². The molecular formula is C20H22N6O3S2. The highest BCUT2D eigenvalue weighted by atomic mass is 32.2. The van der Waals surface area contributed by atoms with Crippen LogP contribution in [0.3, 0.4) is 0 Å². The average Bonchev–Trinajstić information content (AvgIpc) is 3.33. The third kappa shape index (κ3) is 6.15. The summed E-state index contributed by atoms with van der Waals surface area (Å²) in [5.41, 5.74) is 1.43. The number of hydrogen-bond acceptors (Lipinski definition) is 8. The predicted molar refractivity (Wildman–Crippen MR) is 122 cm³/mol. The first-order valence-corrected chi connectivity index (χ1v) is 11.2. The number of benzene rings is 1. The average molecular weight is 459 g/mol. The minimum atomic E-state index is -0.254. The van der Waals surface area contributed by atoms with E-state index in [9.17, 15) is 9.59 Å². The Labute approximate surface area is 187 Å². The molecule has 2 amide bonds. The molecule has 162 valence electrons. The summed E-state index contributed by atoms with van der Waals surface area (Å²) in [5.74, 6) is 0.742. The zero-order chi connectivity index (χ0) is 22.2. The molecule has 2 aromatic heterocycles. The fourth-order valence-electron chi connectivity index (χ4n) is 2.65. The van der Waals surface area contributed by atoms with Crippen LogP contribution in [0.5, 0.6) is 5.75 Å². The van der Waals surface area contributed by atoms with Crippen LogP contribution in [0.15, 0.2) is 47.5 Å². The Morgan fingerprint density at radius 2 is 2.06 bits per heavy atom. The SMILES string of the molecule is C=CCn1c(CC(=O)Nc2ccccc2OC)nnc1SCC(=O)Nc1nc(C)cs1. The number of nitrogens with zero attached hydrogens (tertiary/aromatic N) is 4. The van der Waals surface area contributed by atoms with Crippen LogP contribution in [0.25, 0.3) is 0 Å². The number of rotatable bonds is 10. The van der Waals surface area contributed by atoms with Crippen LogP contribution in [0.2, 0.25) is 0 Å². The number of amides is 2. The molecule has 11 heteroatoms. The molecular weight excluding hydrogens is 436 g/mol. The summed E-state index contributed by atoms with van der Waals surface area (Å²) in [5, 5.41) is 16.8. The fraction of sp³-hybridized carbons (Fsp3) is 0.250.